The number of hydrogen-bond donors (Lipinski definition) is 2. The van der Waals surface area contributed by atoms with Crippen LogP contribution in [-0.2, 0) is 9.59 Å². The summed E-state index contributed by atoms with van der Waals surface area (Å²) in [6, 6.07) is 12.6. The summed E-state index contributed by atoms with van der Waals surface area (Å²) in [4.78, 5) is 32.9. The Bertz CT molecular complexity index is 925. The molecule has 0 bridgehead atoms. The lowest BCUT2D eigenvalue weighted by Crippen LogP contribution is -2.37. The van der Waals surface area contributed by atoms with Crippen molar-refractivity contribution >= 4 is 28.4 Å². The summed E-state index contributed by atoms with van der Waals surface area (Å²) in [7, 11) is 0. The Balaban J connectivity index is 1.74. The maximum absolute atomic E-state index is 12.2. The van der Waals surface area contributed by atoms with Crippen LogP contribution in [0.5, 0.6) is 0 Å². The summed E-state index contributed by atoms with van der Waals surface area (Å²) in [6.45, 7) is 3.67. The number of para-hydroxylation sites is 1. The van der Waals surface area contributed by atoms with E-state index >= 15 is 0 Å². The summed E-state index contributed by atoms with van der Waals surface area (Å²) < 4.78 is 0. The van der Waals surface area contributed by atoms with Crippen LogP contribution in [0.4, 0.5) is 5.69 Å². The van der Waals surface area contributed by atoms with Crippen LogP contribution in [0.3, 0.4) is 0 Å². The van der Waals surface area contributed by atoms with Crippen LogP contribution in [-0.4, -0.2) is 21.8 Å². The minimum absolute atomic E-state index is 0.320. The van der Waals surface area contributed by atoms with E-state index in [1.54, 1.807) is 31.5 Å². The maximum Gasteiger partial charge on any atom is 0.313 e. The summed E-state index contributed by atoms with van der Waals surface area (Å²) in [5.41, 5.74) is 2.83. The molecule has 2 heterocycles. The van der Waals surface area contributed by atoms with Crippen molar-refractivity contribution in [3.05, 3.63) is 66.1 Å². The fourth-order valence-corrected chi connectivity index (χ4v) is 2.50. The number of nitrogens with one attached hydrogen (secondary N) is 2. The molecule has 6 nitrogen and oxygen atoms in total. The summed E-state index contributed by atoms with van der Waals surface area (Å²) in [5.74, 6) is -1.44. The van der Waals surface area contributed by atoms with Gasteiger partial charge in [0.25, 0.3) is 0 Å². The van der Waals surface area contributed by atoms with Crippen molar-refractivity contribution in [2.75, 3.05) is 5.32 Å². The lowest BCUT2D eigenvalue weighted by atomic mass is 10.1. The highest BCUT2D eigenvalue weighted by molar-refractivity contribution is 6.40. The molecule has 3 rings (SSSR count). The number of carbonyl (C=O) groups excluding carboxylic acids is 2. The van der Waals surface area contributed by atoms with Crippen molar-refractivity contribution < 1.29 is 9.59 Å². The number of pyridine rings is 2. The first-order valence-corrected chi connectivity index (χ1v) is 7.93. The van der Waals surface area contributed by atoms with Crippen molar-refractivity contribution in [3.63, 3.8) is 0 Å². The van der Waals surface area contributed by atoms with Crippen molar-refractivity contribution in [1.29, 1.82) is 0 Å². The smallest absolute Gasteiger partial charge is 0.313 e. The molecule has 2 N–H and O–H groups in total. The number of fused-ring (bicyclic) bond motifs is 1. The molecule has 126 valence electrons. The largest absolute Gasteiger partial charge is 0.341 e. The molecule has 0 unspecified atom stereocenters. The first-order valence-electron chi connectivity index (χ1n) is 7.93. The standard InChI is InChI=1S/C19H18N4O2/c1-12-8-9-14-5-3-7-16(17(14)21-12)23-19(25)18(24)22-13(2)15-6-4-10-20-11-15/h3-11,13H,1-2H3,(H,22,24)(H,23,25)/t13-/m0/s1. The van der Waals surface area contributed by atoms with Gasteiger partial charge in [-0.3, -0.25) is 19.6 Å². The zero-order valence-electron chi connectivity index (χ0n) is 14.0. The minimum atomic E-state index is -0.730. The molecule has 0 spiro atoms. The van der Waals surface area contributed by atoms with Crippen molar-refractivity contribution in [2.24, 2.45) is 0 Å². The molecule has 25 heavy (non-hydrogen) atoms. The van der Waals surface area contributed by atoms with Gasteiger partial charge in [0.2, 0.25) is 0 Å². The topological polar surface area (TPSA) is 84.0 Å². The van der Waals surface area contributed by atoms with Gasteiger partial charge in [0, 0.05) is 23.5 Å². The maximum atomic E-state index is 12.2. The summed E-state index contributed by atoms with van der Waals surface area (Å²) >= 11 is 0. The Morgan fingerprint density at radius 2 is 1.88 bits per heavy atom. The van der Waals surface area contributed by atoms with Crippen molar-refractivity contribution in [2.45, 2.75) is 19.9 Å². The fraction of sp³-hybridized carbons (Fsp3) is 0.158. The third kappa shape index (κ3) is 3.80. The number of aromatic nitrogens is 2. The Morgan fingerprint density at radius 1 is 1.04 bits per heavy atom. The van der Waals surface area contributed by atoms with Gasteiger partial charge in [0.05, 0.1) is 17.2 Å². The number of nitrogens with zero attached hydrogens (tertiary/aromatic N) is 2. The number of aryl methyl sites for hydroxylation is 1. The first kappa shape index (κ1) is 16.6. The lowest BCUT2D eigenvalue weighted by Gasteiger charge is -2.14. The third-order valence-corrected chi connectivity index (χ3v) is 3.85. The monoisotopic (exact) mass is 334 g/mol. The fourth-order valence-electron chi connectivity index (χ4n) is 2.50. The predicted octanol–water partition coefficient (Wildman–Crippen LogP) is 2.75. The lowest BCUT2D eigenvalue weighted by molar-refractivity contribution is -0.136. The number of hydrogen-bond acceptors (Lipinski definition) is 4. The van der Waals surface area contributed by atoms with Crippen LogP contribution in [0.25, 0.3) is 10.9 Å². The molecular weight excluding hydrogens is 316 g/mol. The van der Waals surface area contributed by atoms with Crippen LogP contribution in [0.1, 0.15) is 24.2 Å². The molecule has 0 aliphatic carbocycles. The van der Waals surface area contributed by atoms with Gasteiger partial charge >= 0.3 is 11.8 Å². The molecule has 0 aliphatic heterocycles. The van der Waals surface area contributed by atoms with Crippen LogP contribution in [0, 0.1) is 6.92 Å². The van der Waals surface area contributed by atoms with E-state index in [9.17, 15) is 9.59 Å². The molecule has 1 atom stereocenters. The highest BCUT2D eigenvalue weighted by Gasteiger charge is 2.18. The first-order chi connectivity index (χ1) is 12.0. The van der Waals surface area contributed by atoms with E-state index in [0.717, 1.165) is 16.6 Å². The highest BCUT2D eigenvalue weighted by atomic mass is 16.2. The Hall–Kier alpha value is -3.28. The average molecular weight is 334 g/mol. The Morgan fingerprint density at radius 3 is 2.64 bits per heavy atom. The molecular formula is C19H18N4O2. The third-order valence-electron chi connectivity index (χ3n) is 3.85. The second-order valence-corrected chi connectivity index (χ2v) is 5.77. The van der Waals surface area contributed by atoms with E-state index in [1.807, 2.05) is 37.3 Å². The number of anilines is 1. The highest BCUT2D eigenvalue weighted by Crippen LogP contribution is 2.21. The second-order valence-electron chi connectivity index (χ2n) is 5.77. The zero-order chi connectivity index (χ0) is 17.8. The van der Waals surface area contributed by atoms with E-state index in [1.165, 1.54) is 0 Å². The molecule has 0 radical (unpaired) electrons. The van der Waals surface area contributed by atoms with Gasteiger partial charge in [-0.05, 0) is 37.6 Å². The van der Waals surface area contributed by atoms with Crippen LogP contribution in [0.15, 0.2) is 54.9 Å². The molecule has 1 aromatic carbocycles. The Kier molecular flexibility index (Phi) is 4.70. The van der Waals surface area contributed by atoms with E-state index in [-0.39, 0.29) is 6.04 Å². The average Bonchev–Trinajstić information content (AvgIpc) is 2.62. The second kappa shape index (κ2) is 7.09. The molecule has 3 aromatic rings. The zero-order valence-corrected chi connectivity index (χ0v) is 14.0. The van der Waals surface area contributed by atoms with Crippen LogP contribution in [0.2, 0.25) is 0 Å². The van der Waals surface area contributed by atoms with Crippen molar-refractivity contribution in [1.82, 2.24) is 15.3 Å². The van der Waals surface area contributed by atoms with Crippen LogP contribution >= 0.6 is 0 Å². The number of benzene rings is 1. The van der Waals surface area contributed by atoms with Gasteiger partial charge in [-0.2, -0.15) is 0 Å². The minimum Gasteiger partial charge on any atom is -0.341 e. The quantitative estimate of drug-likeness (QED) is 0.721. The molecule has 2 aromatic heterocycles. The molecule has 0 fully saturated rings. The number of amides is 2. The van der Waals surface area contributed by atoms with Gasteiger partial charge in [-0.15, -0.1) is 0 Å². The van der Waals surface area contributed by atoms with Gasteiger partial charge in [-0.1, -0.05) is 24.3 Å². The van der Waals surface area contributed by atoms with Crippen LogP contribution < -0.4 is 10.6 Å². The van der Waals surface area contributed by atoms with Gasteiger partial charge in [0.15, 0.2) is 0 Å². The van der Waals surface area contributed by atoms with E-state index in [4.69, 9.17) is 0 Å². The van der Waals surface area contributed by atoms with Gasteiger partial charge in [-0.25, -0.2) is 0 Å². The summed E-state index contributed by atoms with van der Waals surface area (Å²) in [5, 5.41) is 6.20. The molecule has 6 heteroatoms. The van der Waals surface area contributed by atoms with Crippen molar-refractivity contribution in [3.8, 4) is 0 Å². The molecule has 0 saturated carbocycles. The van der Waals surface area contributed by atoms with E-state index in [2.05, 4.69) is 20.6 Å². The number of rotatable bonds is 3. The van der Waals surface area contributed by atoms with E-state index < -0.39 is 11.8 Å². The van der Waals surface area contributed by atoms with Gasteiger partial charge in [0.1, 0.15) is 0 Å². The predicted molar refractivity (Wildman–Crippen MR) is 95.9 cm³/mol. The summed E-state index contributed by atoms with van der Waals surface area (Å²) in [6.07, 6.45) is 3.31. The molecule has 0 aliphatic rings. The molecule has 2 amide bonds. The van der Waals surface area contributed by atoms with Gasteiger partial charge < -0.3 is 10.6 Å². The SMILES string of the molecule is Cc1ccc2cccc(NC(=O)C(=O)N[C@@H](C)c3cccnc3)c2n1. The number of carbonyl (C=O) groups is 2. The Labute approximate surface area is 145 Å². The van der Waals surface area contributed by atoms with E-state index in [0.29, 0.717) is 11.2 Å². The normalized spacial score (nSPS) is 11.8. The molecule has 0 saturated heterocycles.